The summed E-state index contributed by atoms with van der Waals surface area (Å²) < 4.78 is 6.98. The zero-order valence-corrected chi connectivity index (χ0v) is 14.5. The lowest BCUT2D eigenvalue weighted by Crippen LogP contribution is -1.97. The lowest BCUT2D eigenvalue weighted by atomic mass is 10.1. The van der Waals surface area contributed by atoms with E-state index in [4.69, 9.17) is 4.74 Å². The molecule has 0 heterocycles. The molecule has 0 amide bonds. The van der Waals surface area contributed by atoms with Crippen LogP contribution in [0.1, 0.15) is 51.9 Å². The predicted octanol–water partition coefficient (Wildman–Crippen LogP) is 6.73. The molecule has 0 unspecified atom stereocenters. The molecule has 0 spiro atoms. The molecule has 0 N–H and O–H groups in total. The Hall–Kier alpha value is -1.02. The molecule has 0 saturated heterocycles. The average molecular weight is 349 g/mol. The van der Waals surface area contributed by atoms with Crippen molar-refractivity contribution >= 4 is 26.7 Å². The molecule has 2 aromatic carbocycles. The van der Waals surface area contributed by atoms with Crippen molar-refractivity contribution in [2.24, 2.45) is 0 Å². The maximum atomic E-state index is 5.86. The molecule has 0 bridgehead atoms. The first-order valence-electron chi connectivity index (χ1n) is 8.11. The summed E-state index contributed by atoms with van der Waals surface area (Å²) in [6, 6.07) is 12.6. The van der Waals surface area contributed by atoms with Crippen molar-refractivity contribution in [3.8, 4) is 5.75 Å². The minimum Gasteiger partial charge on any atom is -0.494 e. The van der Waals surface area contributed by atoms with Gasteiger partial charge < -0.3 is 4.74 Å². The number of unbranched alkanes of at least 4 members (excludes halogenated alkanes) is 6. The summed E-state index contributed by atoms with van der Waals surface area (Å²) in [4.78, 5) is 0. The second-order valence-corrected chi connectivity index (χ2v) is 6.54. The Labute approximate surface area is 136 Å². The largest absolute Gasteiger partial charge is 0.494 e. The normalized spacial score (nSPS) is 11.0. The fraction of sp³-hybridized carbons (Fsp3) is 0.474. The van der Waals surface area contributed by atoms with Gasteiger partial charge in [0, 0.05) is 4.47 Å². The van der Waals surface area contributed by atoms with E-state index >= 15 is 0 Å². The highest BCUT2D eigenvalue weighted by Crippen LogP contribution is 2.24. The first kappa shape index (κ1) is 16.4. The summed E-state index contributed by atoms with van der Waals surface area (Å²) in [5, 5.41) is 2.47. The van der Waals surface area contributed by atoms with Crippen LogP contribution in [-0.2, 0) is 0 Å². The van der Waals surface area contributed by atoms with Crippen LogP contribution in [0.5, 0.6) is 5.75 Å². The summed E-state index contributed by atoms with van der Waals surface area (Å²) in [5.41, 5.74) is 0. The molecule has 114 valence electrons. The minimum atomic E-state index is 0.829. The number of benzene rings is 2. The van der Waals surface area contributed by atoms with Crippen LogP contribution < -0.4 is 4.74 Å². The zero-order valence-electron chi connectivity index (χ0n) is 12.9. The maximum absolute atomic E-state index is 5.86. The molecule has 0 aliphatic carbocycles. The number of halogens is 1. The molecule has 0 aliphatic heterocycles. The Kier molecular flexibility index (Phi) is 7.08. The van der Waals surface area contributed by atoms with Crippen molar-refractivity contribution in [1.82, 2.24) is 0 Å². The Morgan fingerprint density at radius 1 is 0.810 bits per heavy atom. The predicted molar refractivity (Wildman–Crippen MR) is 95.1 cm³/mol. The summed E-state index contributed by atoms with van der Waals surface area (Å²) >= 11 is 3.50. The van der Waals surface area contributed by atoms with Crippen LogP contribution in [0.4, 0.5) is 0 Å². The van der Waals surface area contributed by atoms with Crippen molar-refractivity contribution < 1.29 is 4.74 Å². The van der Waals surface area contributed by atoms with Crippen molar-refractivity contribution in [1.29, 1.82) is 0 Å². The minimum absolute atomic E-state index is 0.829. The third-order valence-corrected chi connectivity index (χ3v) is 4.28. The molecule has 21 heavy (non-hydrogen) atoms. The van der Waals surface area contributed by atoms with Gasteiger partial charge in [-0.05, 0) is 41.5 Å². The fourth-order valence-electron chi connectivity index (χ4n) is 2.53. The molecule has 1 nitrogen and oxygen atoms in total. The first-order chi connectivity index (χ1) is 10.3. The van der Waals surface area contributed by atoms with Gasteiger partial charge in [-0.15, -0.1) is 0 Å². The van der Waals surface area contributed by atoms with Crippen LogP contribution in [0.15, 0.2) is 40.9 Å². The smallest absolute Gasteiger partial charge is 0.119 e. The van der Waals surface area contributed by atoms with Gasteiger partial charge in [0.1, 0.15) is 5.75 Å². The van der Waals surface area contributed by atoms with E-state index in [2.05, 4.69) is 59.3 Å². The molecule has 0 aromatic heterocycles. The Balaban J connectivity index is 1.70. The van der Waals surface area contributed by atoms with Gasteiger partial charge in [-0.1, -0.05) is 73.5 Å². The molecule has 2 rings (SSSR count). The van der Waals surface area contributed by atoms with Gasteiger partial charge in [-0.3, -0.25) is 0 Å². The van der Waals surface area contributed by atoms with E-state index in [1.807, 2.05) is 0 Å². The Bertz CT molecular complexity index is 550. The van der Waals surface area contributed by atoms with Gasteiger partial charge >= 0.3 is 0 Å². The van der Waals surface area contributed by atoms with Crippen LogP contribution in [0, 0.1) is 0 Å². The van der Waals surface area contributed by atoms with Crippen molar-refractivity contribution in [2.45, 2.75) is 51.9 Å². The summed E-state index contributed by atoms with van der Waals surface area (Å²) in [7, 11) is 0. The number of hydrogen-bond acceptors (Lipinski definition) is 1. The number of fused-ring (bicyclic) bond motifs is 1. The lowest BCUT2D eigenvalue weighted by molar-refractivity contribution is 0.304. The van der Waals surface area contributed by atoms with Gasteiger partial charge in [0.05, 0.1) is 6.61 Å². The highest BCUT2D eigenvalue weighted by Gasteiger charge is 1.99. The number of hydrogen-bond donors (Lipinski definition) is 0. The van der Waals surface area contributed by atoms with Crippen LogP contribution in [-0.4, -0.2) is 6.61 Å². The van der Waals surface area contributed by atoms with Crippen molar-refractivity contribution in [3.63, 3.8) is 0 Å². The van der Waals surface area contributed by atoms with E-state index in [0.29, 0.717) is 0 Å². The van der Waals surface area contributed by atoms with Crippen LogP contribution in [0.25, 0.3) is 10.8 Å². The summed E-state index contributed by atoms with van der Waals surface area (Å²) in [6.07, 6.45) is 9.24. The molecular formula is C19H25BrO. The van der Waals surface area contributed by atoms with Gasteiger partial charge in [0.15, 0.2) is 0 Å². The van der Waals surface area contributed by atoms with Crippen molar-refractivity contribution in [2.75, 3.05) is 6.61 Å². The monoisotopic (exact) mass is 348 g/mol. The molecule has 0 aliphatic rings. The Morgan fingerprint density at radius 2 is 1.48 bits per heavy atom. The second kappa shape index (κ2) is 9.09. The van der Waals surface area contributed by atoms with Gasteiger partial charge in [-0.25, -0.2) is 0 Å². The number of ether oxygens (including phenoxy) is 1. The van der Waals surface area contributed by atoms with E-state index in [1.165, 1.54) is 49.3 Å². The molecule has 0 fully saturated rings. The molecular weight excluding hydrogens is 324 g/mol. The SMILES string of the molecule is CCCCCCCCCOc1ccc2cc(Br)ccc2c1. The average Bonchev–Trinajstić information content (AvgIpc) is 2.50. The van der Waals surface area contributed by atoms with Gasteiger partial charge in [0.2, 0.25) is 0 Å². The first-order valence-corrected chi connectivity index (χ1v) is 8.91. The summed E-state index contributed by atoms with van der Waals surface area (Å²) in [6.45, 7) is 3.09. The van der Waals surface area contributed by atoms with Gasteiger partial charge in [-0.2, -0.15) is 0 Å². The quantitative estimate of drug-likeness (QED) is 0.456. The van der Waals surface area contributed by atoms with Crippen LogP contribution in [0.2, 0.25) is 0 Å². The number of rotatable bonds is 9. The maximum Gasteiger partial charge on any atom is 0.119 e. The molecule has 0 atom stereocenters. The standard InChI is InChI=1S/C19H25BrO/c1-2-3-4-5-6-7-8-13-21-19-12-10-16-14-18(20)11-9-17(16)15-19/h9-12,14-15H,2-8,13H2,1H3. The van der Waals surface area contributed by atoms with Crippen LogP contribution in [0.3, 0.4) is 0 Å². The third-order valence-electron chi connectivity index (χ3n) is 3.79. The highest BCUT2D eigenvalue weighted by atomic mass is 79.9. The molecule has 0 saturated carbocycles. The van der Waals surface area contributed by atoms with E-state index in [1.54, 1.807) is 0 Å². The van der Waals surface area contributed by atoms with Crippen molar-refractivity contribution in [3.05, 3.63) is 40.9 Å². The lowest BCUT2D eigenvalue weighted by Gasteiger charge is -2.07. The summed E-state index contributed by atoms with van der Waals surface area (Å²) in [5.74, 6) is 0.982. The molecule has 0 radical (unpaired) electrons. The Morgan fingerprint density at radius 3 is 2.29 bits per heavy atom. The van der Waals surface area contributed by atoms with E-state index < -0.39 is 0 Å². The molecule has 2 heteroatoms. The van der Waals surface area contributed by atoms with E-state index in [9.17, 15) is 0 Å². The molecule has 2 aromatic rings. The highest BCUT2D eigenvalue weighted by molar-refractivity contribution is 9.10. The topological polar surface area (TPSA) is 9.23 Å². The van der Waals surface area contributed by atoms with E-state index in [0.717, 1.165) is 23.2 Å². The fourth-order valence-corrected chi connectivity index (χ4v) is 2.91. The van der Waals surface area contributed by atoms with Crippen LogP contribution >= 0.6 is 15.9 Å². The zero-order chi connectivity index (χ0) is 14.9. The van der Waals surface area contributed by atoms with Gasteiger partial charge in [0.25, 0.3) is 0 Å². The third kappa shape index (κ3) is 5.70. The van der Waals surface area contributed by atoms with E-state index in [-0.39, 0.29) is 0 Å². The second-order valence-electron chi connectivity index (χ2n) is 5.62.